The van der Waals surface area contributed by atoms with Crippen molar-refractivity contribution in [3.8, 4) is 0 Å². The molecule has 7 heteroatoms. The molecule has 2 aromatic rings. The molecule has 0 aromatic carbocycles. The summed E-state index contributed by atoms with van der Waals surface area (Å²) in [6.45, 7) is -0.0197. The van der Waals surface area contributed by atoms with Crippen LogP contribution in [0.1, 0.15) is 31.7 Å². The number of carbonyl (C=O) groups excluding carboxylic acids is 1. The predicted octanol–water partition coefficient (Wildman–Crippen LogP) is 2.56. The third-order valence-corrected chi connectivity index (χ3v) is 4.34. The van der Waals surface area contributed by atoms with Crippen molar-refractivity contribution < 1.29 is 4.79 Å². The first-order chi connectivity index (χ1) is 10.6. The first-order valence-corrected chi connectivity index (χ1v) is 8.12. The van der Waals surface area contributed by atoms with Gasteiger partial charge in [0.05, 0.1) is 12.2 Å². The Morgan fingerprint density at radius 2 is 2.09 bits per heavy atom. The molecule has 22 heavy (non-hydrogen) atoms. The average Bonchev–Trinajstić information content (AvgIpc) is 3.13. The van der Waals surface area contributed by atoms with Crippen LogP contribution >= 0.6 is 15.9 Å². The minimum atomic E-state index is -0.236. The Bertz CT molecular complexity index is 731. The second-order valence-electron chi connectivity index (χ2n) is 5.46. The number of nitrogens with one attached hydrogen (secondary N) is 1. The minimum absolute atomic E-state index is 0.0197. The van der Waals surface area contributed by atoms with Crippen LogP contribution in [0.4, 0.5) is 5.82 Å². The van der Waals surface area contributed by atoms with Gasteiger partial charge in [-0.3, -0.25) is 9.59 Å². The number of amides is 1. The van der Waals surface area contributed by atoms with Gasteiger partial charge in [0.15, 0.2) is 0 Å². The van der Waals surface area contributed by atoms with Crippen molar-refractivity contribution in [3.05, 3.63) is 45.4 Å². The lowest BCUT2D eigenvalue weighted by Gasteiger charge is -2.15. The fraction of sp³-hybridized carbons (Fsp3) is 0.400. The number of carbonyl (C=O) groups is 1. The quantitative estimate of drug-likeness (QED) is 0.906. The normalized spacial score (nSPS) is 15.1. The summed E-state index contributed by atoms with van der Waals surface area (Å²) in [6.07, 6.45) is 7.89. The third kappa shape index (κ3) is 3.30. The molecule has 1 saturated carbocycles. The average molecular weight is 365 g/mol. The lowest BCUT2D eigenvalue weighted by molar-refractivity contribution is -0.116. The van der Waals surface area contributed by atoms with E-state index in [2.05, 4.69) is 26.3 Å². The van der Waals surface area contributed by atoms with Crippen LogP contribution in [0.2, 0.25) is 0 Å². The molecule has 6 nitrogen and oxygen atoms in total. The van der Waals surface area contributed by atoms with Crippen molar-refractivity contribution in [3.63, 3.8) is 0 Å². The van der Waals surface area contributed by atoms with Crippen molar-refractivity contribution >= 4 is 27.7 Å². The van der Waals surface area contributed by atoms with E-state index in [9.17, 15) is 9.59 Å². The van der Waals surface area contributed by atoms with Crippen LogP contribution in [-0.2, 0) is 11.3 Å². The molecular formula is C15H17BrN4O2. The summed E-state index contributed by atoms with van der Waals surface area (Å²) in [5.74, 6) is 0.458. The molecule has 1 aliphatic rings. The molecule has 1 N–H and O–H groups in total. The smallest absolute Gasteiger partial charge is 0.251 e. The molecule has 3 rings (SSSR count). The lowest BCUT2D eigenvalue weighted by atomic mass is 10.2. The zero-order valence-corrected chi connectivity index (χ0v) is 13.6. The highest BCUT2D eigenvalue weighted by molar-refractivity contribution is 9.10. The monoisotopic (exact) mass is 364 g/mol. The number of nitrogens with zero attached hydrogens (tertiary/aromatic N) is 3. The molecule has 0 bridgehead atoms. The predicted molar refractivity (Wildman–Crippen MR) is 86.8 cm³/mol. The summed E-state index contributed by atoms with van der Waals surface area (Å²) >= 11 is 3.30. The maximum absolute atomic E-state index is 12.2. The van der Waals surface area contributed by atoms with E-state index >= 15 is 0 Å². The Labute approximate surface area is 136 Å². The van der Waals surface area contributed by atoms with E-state index in [1.165, 1.54) is 23.5 Å². The zero-order chi connectivity index (χ0) is 15.5. The van der Waals surface area contributed by atoms with Gasteiger partial charge in [0.25, 0.3) is 5.56 Å². The fourth-order valence-corrected chi connectivity index (χ4v) is 3.20. The van der Waals surface area contributed by atoms with Crippen LogP contribution in [0.3, 0.4) is 0 Å². The van der Waals surface area contributed by atoms with Gasteiger partial charge in [-0.25, -0.2) is 4.68 Å². The molecule has 1 fully saturated rings. The Morgan fingerprint density at radius 3 is 2.86 bits per heavy atom. The van der Waals surface area contributed by atoms with Crippen LogP contribution in [0.25, 0.3) is 0 Å². The molecular weight excluding hydrogens is 348 g/mol. The SMILES string of the molecule is O=C(Cn1cc(Br)ccc1=O)Nc1ccnn1C1CCCC1. The van der Waals surface area contributed by atoms with Crippen LogP contribution in [0.5, 0.6) is 0 Å². The summed E-state index contributed by atoms with van der Waals surface area (Å²) in [4.78, 5) is 23.9. The Balaban J connectivity index is 1.71. The third-order valence-electron chi connectivity index (χ3n) is 3.87. The Kier molecular flexibility index (Phi) is 4.42. The summed E-state index contributed by atoms with van der Waals surface area (Å²) in [5.41, 5.74) is -0.206. The van der Waals surface area contributed by atoms with Crippen molar-refractivity contribution in [1.82, 2.24) is 14.3 Å². The van der Waals surface area contributed by atoms with Crippen molar-refractivity contribution in [2.45, 2.75) is 38.3 Å². The van der Waals surface area contributed by atoms with Gasteiger partial charge in [-0.2, -0.15) is 5.10 Å². The largest absolute Gasteiger partial charge is 0.309 e. The molecule has 2 heterocycles. The summed E-state index contributed by atoms with van der Waals surface area (Å²) in [5, 5.41) is 7.16. The fourth-order valence-electron chi connectivity index (χ4n) is 2.82. The highest BCUT2D eigenvalue weighted by Gasteiger charge is 2.20. The van der Waals surface area contributed by atoms with Gasteiger partial charge in [-0.05, 0) is 34.8 Å². The summed E-state index contributed by atoms with van der Waals surface area (Å²) < 4.78 is 4.01. The first kappa shape index (κ1) is 15.0. The summed E-state index contributed by atoms with van der Waals surface area (Å²) in [6, 6.07) is 5.24. The molecule has 0 atom stereocenters. The highest BCUT2D eigenvalue weighted by Crippen LogP contribution is 2.31. The van der Waals surface area contributed by atoms with Crippen LogP contribution in [0, 0.1) is 0 Å². The second-order valence-corrected chi connectivity index (χ2v) is 6.38. The number of halogens is 1. The molecule has 1 aliphatic carbocycles. The van der Waals surface area contributed by atoms with Crippen molar-refractivity contribution in [2.24, 2.45) is 0 Å². The van der Waals surface area contributed by atoms with E-state index in [1.54, 1.807) is 24.5 Å². The van der Waals surface area contributed by atoms with E-state index in [1.807, 2.05) is 4.68 Å². The number of pyridine rings is 1. The first-order valence-electron chi connectivity index (χ1n) is 7.33. The Hall–Kier alpha value is -1.89. The molecule has 0 aliphatic heterocycles. The van der Waals surface area contributed by atoms with Crippen LogP contribution in [0.15, 0.2) is 39.9 Å². The van der Waals surface area contributed by atoms with Gasteiger partial charge in [-0.15, -0.1) is 0 Å². The van der Waals surface area contributed by atoms with Gasteiger partial charge in [0, 0.05) is 22.8 Å². The zero-order valence-electron chi connectivity index (χ0n) is 12.0. The number of rotatable bonds is 4. The number of anilines is 1. The van der Waals surface area contributed by atoms with Gasteiger partial charge in [-0.1, -0.05) is 12.8 Å². The highest BCUT2D eigenvalue weighted by atomic mass is 79.9. The lowest BCUT2D eigenvalue weighted by Crippen LogP contribution is -2.27. The molecule has 0 saturated heterocycles. The van der Waals surface area contributed by atoms with E-state index in [4.69, 9.17) is 0 Å². The molecule has 116 valence electrons. The molecule has 2 aromatic heterocycles. The van der Waals surface area contributed by atoms with Gasteiger partial charge in [0.2, 0.25) is 5.91 Å². The number of hydrogen-bond donors (Lipinski definition) is 1. The Morgan fingerprint density at radius 1 is 1.32 bits per heavy atom. The minimum Gasteiger partial charge on any atom is -0.309 e. The van der Waals surface area contributed by atoms with Gasteiger partial charge in [0.1, 0.15) is 12.4 Å². The van der Waals surface area contributed by atoms with E-state index in [0.29, 0.717) is 11.9 Å². The summed E-state index contributed by atoms with van der Waals surface area (Å²) in [7, 11) is 0. The number of aromatic nitrogens is 3. The standard InChI is InChI=1S/C15H17BrN4O2/c16-11-5-6-15(22)19(9-11)10-14(21)18-13-7-8-17-20(13)12-3-1-2-4-12/h5-9,12H,1-4,10H2,(H,18,21). The van der Waals surface area contributed by atoms with Crippen LogP contribution in [-0.4, -0.2) is 20.3 Å². The van der Waals surface area contributed by atoms with Crippen molar-refractivity contribution in [2.75, 3.05) is 5.32 Å². The van der Waals surface area contributed by atoms with Gasteiger partial charge < -0.3 is 9.88 Å². The molecule has 1 amide bonds. The molecule has 0 radical (unpaired) electrons. The molecule has 0 unspecified atom stereocenters. The van der Waals surface area contributed by atoms with Crippen molar-refractivity contribution in [1.29, 1.82) is 0 Å². The van der Waals surface area contributed by atoms with E-state index in [0.717, 1.165) is 17.3 Å². The topological polar surface area (TPSA) is 68.9 Å². The molecule has 0 spiro atoms. The van der Waals surface area contributed by atoms with Gasteiger partial charge >= 0.3 is 0 Å². The van der Waals surface area contributed by atoms with E-state index in [-0.39, 0.29) is 18.0 Å². The maximum Gasteiger partial charge on any atom is 0.251 e. The van der Waals surface area contributed by atoms with Crippen LogP contribution < -0.4 is 10.9 Å². The van der Waals surface area contributed by atoms with E-state index < -0.39 is 0 Å². The maximum atomic E-state index is 12.2. The number of hydrogen-bond acceptors (Lipinski definition) is 3. The second kappa shape index (κ2) is 6.48.